The number of alkyl halides is 3. The molecule has 1 heterocycles. The Kier molecular flexibility index (Phi) is 9.71. The molecule has 1 amide bonds. The average molecular weight is 597 g/mol. The van der Waals surface area contributed by atoms with Crippen LogP contribution in [0.15, 0.2) is 54.6 Å². The van der Waals surface area contributed by atoms with E-state index < -0.39 is 12.3 Å². The van der Waals surface area contributed by atoms with Crippen LogP contribution >= 0.6 is 23.2 Å². The molecule has 11 heteroatoms. The van der Waals surface area contributed by atoms with Gasteiger partial charge in [0.15, 0.2) is 5.75 Å². The zero-order valence-corrected chi connectivity index (χ0v) is 23.3. The van der Waals surface area contributed by atoms with E-state index in [2.05, 4.69) is 4.74 Å². The first-order valence-corrected chi connectivity index (χ1v) is 13.5. The van der Waals surface area contributed by atoms with Gasteiger partial charge in [0.05, 0.1) is 16.0 Å². The summed E-state index contributed by atoms with van der Waals surface area (Å²) in [6, 6.07) is 14.9. The molecule has 0 saturated carbocycles. The zero-order chi connectivity index (χ0) is 28.9. The van der Waals surface area contributed by atoms with Crippen molar-refractivity contribution in [2.45, 2.75) is 32.5 Å². The first kappa shape index (κ1) is 29.8. The van der Waals surface area contributed by atoms with Gasteiger partial charge in [0.1, 0.15) is 24.7 Å². The van der Waals surface area contributed by atoms with Crippen LogP contribution in [-0.4, -0.2) is 38.6 Å². The Hall–Kier alpha value is -3.14. The van der Waals surface area contributed by atoms with E-state index in [1.54, 1.807) is 29.2 Å². The quantitative estimate of drug-likeness (QED) is 0.262. The number of nitrogens with zero attached hydrogens (tertiary/aromatic N) is 1. The molecule has 1 atom stereocenters. The number of hydrogen-bond acceptors (Lipinski definition) is 5. The SMILES string of the molecule is Cc1cc(Cl)c(OCCOc2ccc(CC(CN)C(=O)N3CCCc4cc(OC(F)(F)F)ccc43)cc2)c(Cl)c1. The number of ether oxygens (including phenoxy) is 3. The summed E-state index contributed by atoms with van der Waals surface area (Å²) in [4.78, 5) is 15.0. The molecule has 3 aromatic rings. The van der Waals surface area contributed by atoms with Crippen molar-refractivity contribution in [1.82, 2.24) is 0 Å². The Bertz CT molecular complexity index is 1310. The molecule has 0 saturated heterocycles. The maximum absolute atomic E-state index is 13.4. The van der Waals surface area contributed by atoms with E-state index in [-0.39, 0.29) is 31.4 Å². The van der Waals surface area contributed by atoms with Gasteiger partial charge in [-0.05, 0) is 85.3 Å². The van der Waals surface area contributed by atoms with E-state index >= 15 is 0 Å². The minimum atomic E-state index is -4.78. The smallest absolute Gasteiger partial charge is 0.490 e. The van der Waals surface area contributed by atoms with Crippen molar-refractivity contribution < 1.29 is 32.2 Å². The molecule has 0 radical (unpaired) electrons. The Balaban J connectivity index is 1.33. The molecule has 0 aliphatic carbocycles. The number of amides is 1. The minimum Gasteiger partial charge on any atom is -0.490 e. The number of anilines is 1. The number of hydrogen-bond donors (Lipinski definition) is 1. The lowest BCUT2D eigenvalue weighted by atomic mass is 9.95. The predicted molar refractivity (Wildman–Crippen MR) is 149 cm³/mol. The van der Waals surface area contributed by atoms with Crippen LogP contribution in [-0.2, 0) is 17.6 Å². The molecule has 214 valence electrons. The van der Waals surface area contributed by atoms with Crippen LogP contribution in [0, 0.1) is 12.8 Å². The summed E-state index contributed by atoms with van der Waals surface area (Å²) in [6.45, 7) is 3.00. The van der Waals surface area contributed by atoms with Gasteiger partial charge < -0.3 is 24.8 Å². The van der Waals surface area contributed by atoms with E-state index in [1.165, 1.54) is 18.2 Å². The van der Waals surface area contributed by atoms with Gasteiger partial charge in [0, 0.05) is 18.8 Å². The van der Waals surface area contributed by atoms with Gasteiger partial charge in [0.2, 0.25) is 5.91 Å². The molecular weight excluding hydrogens is 568 g/mol. The number of fused-ring (bicyclic) bond motifs is 1. The van der Waals surface area contributed by atoms with E-state index in [4.69, 9.17) is 38.4 Å². The molecule has 4 rings (SSSR count). The van der Waals surface area contributed by atoms with Crippen molar-refractivity contribution >= 4 is 34.8 Å². The molecule has 3 aromatic carbocycles. The highest BCUT2D eigenvalue weighted by molar-refractivity contribution is 6.37. The predicted octanol–water partition coefficient (Wildman–Crippen LogP) is 6.76. The highest BCUT2D eigenvalue weighted by Gasteiger charge is 2.33. The summed E-state index contributed by atoms with van der Waals surface area (Å²) in [6.07, 6.45) is -3.19. The van der Waals surface area contributed by atoms with Crippen LogP contribution in [0.3, 0.4) is 0 Å². The lowest BCUT2D eigenvalue weighted by Crippen LogP contribution is -2.42. The fraction of sp³-hybridized carbons (Fsp3) is 0.345. The molecule has 40 heavy (non-hydrogen) atoms. The highest BCUT2D eigenvalue weighted by atomic mass is 35.5. The van der Waals surface area contributed by atoms with Crippen molar-refractivity contribution in [3.05, 3.63) is 81.3 Å². The normalized spacial score (nSPS) is 13.9. The zero-order valence-electron chi connectivity index (χ0n) is 21.8. The van der Waals surface area contributed by atoms with Gasteiger partial charge in [-0.3, -0.25) is 4.79 Å². The van der Waals surface area contributed by atoms with Crippen LogP contribution in [0.25, 0.3) is 0 Å². The van der Waals surface area contributed by atoms with Gasteiger partial charge in [-0.1, -0.05) is 35.3 Å². The minimum absolute atomic E-state index is 0.125. The van der Waals surface area contributed by atoms with Gasteiger partial charge >= 0.3 is 6.36 Å². The molecule has 1 unspecified atom stereocenters. The highest BCUT2D eigenvalue weighted by Crippen LogP contribution is 2.35. The average Bonchev–Trinajstić information content (AvgIpc) is 2.89. The molecular formula is C29H29Cl2F3N2O4. The second kappa shape index (κ2) is 13.0. The van der Waals surface area contributed by atoms with Crippen molar-refractivity contribution in [1.29, 1.82) is 0 Å². The van der Waals surface area contributed by atoms with Crippen LogP contribution < -0.4 is 24.8 Å². The number of halogens is 5. The topological polar surface area (TPSA) is 74.0 Å². The summed E-state index contributed by atoms with van der Waals surface area (Å²) in [7, 11) is 0. The monoisotopic (exact) mass is 596 g/mol. The number of rotatable bonds is 10. The summed E-state index contributed by atoms with van der Waals surface area (Å²) in [5.74, 6) is 0.0790. The second-order valence-electron chi connectivity index (χ2n) is 9.47. The third kappa shape index (κ3) is 7.74. The second-order valence-corrected chi connectivity index (χ2v) is 10.3. The summed E-state index contributed by atoms with van der Waals surface area (Å²) < 4.78 is 53.3. The lowest BCUT2D eigenvalue weighted by Gasteiger charge is -2.32. The fourth-order valence-corrected chi connectivity index (χ4v) is 5.33. The molecule has 2 N–H and O–H groups in total. The van der Waals surface area contributed by atoms with E-state index in [1.807, 2.05) is 19.1 Å². The molecule has 1 aliphatic heterocycles. The van der Waals surface area contributed by atoms with Crippen LogP contribution in [0.1, 0.15) is 23.1 Å². The van der Waals surface area contributed by atoms with Crippen LogP contribution in [0.4, 0.5) is 18.9 Å². The maximum atomic E-state index is 13.4. The Morgan fingerprint density at radius 3 is 2.30 bits per heavy atom. The molecule has 6 nitrogen and oxygen atoms in total. The molecule has 0 aromatic heterocycles. The van der Waals surface area contributed by atoms with Crippen molar-refractivity contribution in [2.24, 2.45) is 11.7 Å². The Morgan fingerprint density at radius 1 is 1.00 bits per heavy atom. The summed E-state index contributed by atoms with van der Waals surface area (Å²) in [5, 5.41) is 0.873. The summed E-state index contributed by atoms with van der Waals surface area (Å²) in [5.41, 5.74) is 9.04. The van der Waals surface area contributed by atoms with Gasteiger partial charge in [-0.15, -0.1) is 13.2 Å². The van der Waals surface area contributed by atoms with Gasteiger partial charge in [0.25, 0.3) is 0 Å². The summed E-state index contributed by atoms with van der Waals surface area (Å²) >= 11 is 12.4. The molecule has 0 bridgehead atoms. The van der Waals surface area contributed by atoms with Crippen molar-refractivity contribution in [3.8, 4) is 17.2 Å². The van der Waals surface area contributed by atoms with Crippen molar-refractivity contribution in [2.75, 3.05) is 31.2 Å². The Morgan fingerprint density at radius 2 is 1.65 bits per heavy atom. The molecule has 1 aliphatic rings. The number of nitrogens with two attached hydrogens (primary N) is 1. The number of carbonyl (C=O) groups excluding carboxylic acids is 1. The van der Waals surface area contributed by atoms with Gasteiger partial charge in [-0.2, -0.15) is 0 Å². The van der Waals surface area contributed by atoms with E-state index in [0.29, 0.717) is 58.6 Å². The van der Waals surface area contributed by atoms with Crippen LogP contribution in [0.5, 0.6) is 17.2 Å². The lowest BCUT2D eigenvalue weighted by molar-refractivity contribution is -0.274. The third-order valence-electron chi connectivity index (χ3n) is 6.45. The maximum Gasteiger partial charge on any atom is 0.573 e. The van der Waals surface area contributed by atoms with Crippen molar-refractivity contribution in [3.63, 3.8) is 0 Å². The first-order valence-electron chi connectivity index (χ1n) is 12.7. The number of carbonyl (C=O) groups is 1. The molecule has 0 spiro atoms. The van der Waals surface area contributed by atoms with E-state index in [9.17, 15) is 18.0 Å². The standard InChI is InChI=1S/C29H29Cl2F3N2O4/c1-18-13-24(30)27(25(31)14-18)39-12-11-38-22-6-4-19(5-7-22)15-21(17-35)28(37)36-10-2-3-20-16-23(8-9-26(20)36)40-29(32,33)34/h4-9,13-14,16,21H,2-3,10-12,15,17,35H2,1H3. The largest absolute Gasteiger partial charge is 0.573 e. The Labute approximate surface area is 240 Å². The number of benzene rings is 3. The number of aryl methyl sites for hydroxylation is 2. The van der Waals surface area contributed by atoms with Gasteiger partial charge in [-0.25, -0.2) is 0 Å². The fourth-order valence-electron chi connectivity index (χ4n) is 4.63. The first-order chi connectivity index (χ1) is 19.0. The molecule has 0 fully saturated rings. The van der Waals surface area contributed by atoms with E-state index in [0.717, 1.165) is 11.1 Å². The third-order valence-corrected chi connectivity index (χ3v) is 7.01. The van der Waals surface area contributed by atoms with Crippen LogP contribution in [0.2, 0.25) is 10.0 Å².